The number of rotatable bonds is 7. The van der Waals surface area contributed by atoms with Crippen LogP contribution >= 0.6 is 11.8 Å². The Kier molecular flexibility index (Phi) is 7.89. The van der Waals surface area contributed by atoms with Crippen LogP contribution in [0.5, 0.6) is 0 Å². The highest BCUT2D eigenvalue weighted by Crippen LogP contribution is 2.32. The maximum atomic E-state index is 12.9. The molecule has 2 aromatic carbocycles. The van der Waals surface area contributed by atoms with Gasteiger partial charge in [-0.1, -0.05) is 23.8 Å². The van der Waals surface area contributed by atoms with Crippen molar-refractivity contribution in [3.8, 4) is 0 Å². The zero-order chi connectivity index (χ0) is 23.4. The van der Waals surface area contributed by atoms with Gasteiger partial charge in [-0.3, -0.25) is 4.79 Å². The molecule has 1 fully saturated rings. The van der Waals surface area contributed by atoms with Crippen LogP contribution in [0.15, 0.2) is 58.3 Å². The first-order valence-electron chi connectivity index (χ1n) is 10.2. The summed E-state index contributed by atoms with van der Waals surface area (Å²) in [5.41, 5.74) is 0.181. The smallest absolute Gasteiger partial charge is 0.355 e. The minimum atomic E-state index is -4.62. The summed E-state index contributed by atoms with van der Waals surface area (Å²) >= 11 is 1.64. The molecule has 1 saturated heterocycles. The van der Waals surface area contributed by atoms with E-state index in [1.807, 2.05) is 31.2 Å². The van der Waals surface area contributed by atoms with E-state index in [0.717, 1.165) is 33.2 Å². The number of carbonyl (C=O) groups excluding carboxylic acids is 1. The Labute approximate surface area is 190 Å². The van der Waals surface area contributed by atoms with Crippen LogP contribution in [0.2, 0.25) is 0 Å². The van der Waals surface area contributed by atoms with Crippen LogP contribution in [0, 0.1) is 12.8 Å². The fraction of sp³-hybridized carbons (Fsp3) is 0.409. The van der Waals surface area contributed by atoms with E-state index in [2.05, 4.69) is 5.32 Å². The maximum Gasteiger partial charge on any atom is 0.416 e. The van der Waals surface area contributed by atoms with E-state index in [4.69, 9.17) is 0 Å². The quantitative estimate of drug-likeness (QED) is 0.468. The molecule has 0 bridgehead atoms. The first kappa shape index (κ1) is 24.6. The van der Waals surface area contributed by atoms with Gasteiger partial charge in [-0.15, -0.1) is 11.8 Å². The van der Waals surface area contributed by atoms with Crippen molar-refractivity contribution >= 4 is 27.7 Å². The largest absolute Gasteiger partial charge is 0.416 e. The summed E-state index contributed by atoms with van der Waals surface area (Å²) in [4.78, 5) is 13.2. The Hall–Kier alpha value is -2.04. The molecule has 1 N–H and O–H groups in total. The van der Waals surface area contributed by atoms with Crippen molar-refractivity contribution in [3.63, 3.8) is 0 Å². The number of sulfonamides is 1. The number of alkyl halides is 3. The van der Waals surface area contributed by atoms with Crippen molar-refractivity contribution in [2.75, 3.05) is 25.4 Å². The molecule has 5 nitrogen and oxygen atoms in total. The van der Waals surface area contributed by atoms with Crippen molar-refractivity contribution in [1.29, 1.82) is 0 Å². The van der Waals surface area contributed by atoms with E-state index in [9.17, 15) is 26.4 Å². The van der Waals surface area contributed by atoms with Gasteiger partial charge in [0.15, 0.2) is 0 Å². The van der Waals surface area contributed by atoms with Crippen LogP contribution in [-0.4, -0.2) is 44.0 Å². The lowest BCUT2D eigenvalue weighted by Gasteiger charge is -2.30. The van der Waals surface area contributed by atoms with Gasteiger partial charge in [0.05, 0.1) is 10.5 Å². The maximum absolute atomic E-state index is 12.9. The SMILES string of the molecule is Cc1ccc(SCCNC(=O)C2CCN(S(=O)(=O)c3cccc(C(F)(F)F)c3)CC2)cc1. The van der Waals surface area contributed by atoms with Crippen LogP contribution in [-0.2, 0) is 21.0 Å². The summed E-state index contributed by atoms with van der Waals surface area (Å²) in [5, 5.41) is 2.89. The number of carbonyl (C=O) groups is 1. The molecule has 3 rings (SSSR count). The molecule has 0 atom stereocenters. The Morgan fingerprint density at radius 1 is 1.12 bits per heavy atom. The summed E-state index contributed by atoms with van der Waals surface area (Å²) in [6, 6.07) is 11.9. The van der Waals surface area contributed by atoms with Crippen LogP contribution in [0.4, 0.5) is 13.2 Å². The van der Waals surface area contributed by atoms with E-state index in [1.54, 1.807) is 11.8 Å². The summed E-state index contributed by atoms with van der Waals surface area (Å²) < 4.78 is 65.5. The number of thioether (sulfide) groups is 1. The zero-order valence-electron chi connectivity index (χ0n) is 17.6. The van der Waals surface area contributed by atoms with E-state index in [0.29, 0.717) is 25.5 Å². The third kappa shape index (κ3) is 6.26. The minimum absolute atomic E-state index is 0.0920. The first-order valence-corrected chi connectivity index (χ1v) is 12.6. The van der Waals surface area contributed by atoms with Gasteiger partial charge in [-0.05, 0) is 50.1 Å². The second-order valence-electron chi connectivity index (χ2n) is 7.66. The fourth-order valence-electron chi connectivity index (χ4n) is 3.46. The van der Waals surface area contributed by atoms with E-state index >= 15 is 0 Å². The van der Waals surface area contributed by atoms with E-state index in [1.165, 1.54) is 5.56 Å². The third-order valence-electron chi connectivity index (χ3n) is 5.31. The molecule has 32 heavy (non-hydrogen) atoms. The molecule has 0 saturated carbocycles. The van der Waals surface area contributed by atoms with Crippen LogP contribution < -0.4 is 5.32 Å². The number of nitrogens with zero attached hydrogens (tertiary/aromatic N) is 1. The summed E-state index contributed by atoms with van der Waals surface area (Å²) in [7, 11) is -4.05. The monoisotopic (exact) mass is 486 g/mol. The predicted molar refractivity (Wildman–Crippen MR) is 118 cm³/mol. The Bertz CT molecular complexity index is 1030. The van der Waals surface area contributed by atoms with Gasteiger partial charge in [0.25, 0.3) is 0 Å². The normalized spacial score (nSPS) is 16.1. The molecule has 10 heteroatoms. The van der Waals surface area contributed by atoms with Crippen LogP contribution in [0.25, 0.3) is 0 Å². The minimum Gasteiger partial charge on any atom is -0.355 e. The van der Waals surface area contributed by atoms with Crippen molar-refractivity contribution < 1.29 is 26.4 Å². The first-order chi connectivity index (χ1) is 15.1. The van der Waals surface area contributed by atoms with Crippen LogP contribution in [0.1, 0.15) is 24.0 Å². The molecule has 0 aromatic heterocycles. The molecule has 1 aliphatic heterocycles. The molecular weight excluding hydrogens is 461 g/mol. The molecule has 1 heterocycles. The highest BCUT2D eigenvalue weighted by molar-refractivity contribution is 7.99. The number of aryl methyl sites for hydroxylation is 1. The van der Waals surface area contributed by atoms with Crippen molar-refractivity contribution in [3.05, 3.63) is 59.7 Å². The average molecular weight is 487 g/mol. The second kappa shape index (κ2) is 10.3. The van der Waals surface area contributed by atoms with Gasteiger partial charge >= 0.3 is 6.18 Å². The Morgan fingerprint density at radius 3 is 2.41 bits per heavy atom. The standard InChI is InChI=1S/C22H25F3N2O3S2/c1-16-5-7-19(8-6-16)31-14-11-26-21(28)17-9-12-27(13-10-17)32(29,30)20-4-2-3-18(15-20)22(23,24)25/h2-8,15,17H,9-14H2,1H3,(H,26,28). The zero-order valence-corrected chi connectivity index (χ0v) is 19.2. The van der Waals surface area contributed by atoms with Crippen LogP contribution in [0.3, 0.4) is 0 Å². The molecule has 1 amide bonds. The number of hydrogen-bond donors (Lipinski definition) is 1. The highest BCUT2D eigenvalue weighted by atomic mass is 32.2. The molecule has 0 spiro atoms. The fourth-order valence-corrected chi connectivity index (χ4v) is 5.75. The Morgan fingerprint density at radius 2 is 1.78 bits per heavy atom. The molecular formula is C22H25F3N2O3S2. The van der Waals surface area contributed by atoms with Crippen molar-refractivity contribution in [2.45, 2.75) is 35.7 Å². The lowest BCUT2D eigenvalue weighted by Crippen LogP contribution is -2.43. The number of amides is 1. The van der Waals surface area contributed by atoms with Crippen molar-refractivity contribution in [2.24, 2.45) is 5.92 Å². The molecule has 0 aliphatic carbocycles. The molecule has 174 valence electrons. The Balaban J connectivity index is 1.48. The number of halogens is 3. The number of nitrogens with one attached hydrogen (secondary N) is 1. The molecule has 1 aliphatic rings. The number of benzene rings is 2. The lowest BCUT2D eigenvalue weighted by molar-refractivity contribution is -0.137. The van der Waals surface area contributed by atoms with Gasteiger partial charge < -0.3 is 5.32 Å². The highest BCUT2D eigenvalue weighted by Gasteiger charge is 2.35. The molecule has 2 aromatic rings. The van der Waals surface area contributed by atoms with E-state index < -0.39 is 21.8 Å². The van der Waals surface area contributed by atoms with E-state index in [-0.39, 0.29) is 29.8 Å². The summed E-state index contributed by atoms with van der Waals surface area (Å²) in [6.45, 7) is 2.70. The third-order valence-corrected chi connectivity index (χ3v) is 8.22. The predicted octanol–water partition coefficient (Wildman–Crippen LogP) is 4.32. The summed E-state index contributed by atoms with van der Waals surface area (Å²) in [6.07, 6.45) is -3.96. The number of hydrogen-bond acceptors (Lipinski definition) is 4. The average Bonchev–Trinajstić information content (AvgIpc) is 2.77. The molecule has 0 unspecified atom stereocenters. The lowest BCUT2D eigenvalue weighted by atomic mass is 9.97. The summed E-state index contributed by atoms with van der Waals surface area (Å²) in [5.74, 6) is 0.287. The van der Waals surface area contributed by atoms with Gasteiger partial charge in [-0.2, -0.15) is 17.5 Å². The van der Waals surface area contributed by atoms with Crippen molar-refractivity contribution in [1.82, 2.24) is 9.62 Å². The molecule has 0 radical (unpaired) electrons. The second-order valence-corrected chi connectivity index (χ2v) is 10.8. The van der Waals surface area contributed by atoms with Gasteiger partial charge in [0.1, 0.15) is 0 Å². The number of piperidine rings is 1. The van der Waals surface area contributed by atoms with Gasteiger partial charge in [0, 0.05) is 36.2 Å². The van der Waals surface area contributed by atoms with Gasteiger partial charge in [0.2, 0.25) is 15.9 Å². The topological polar surface area (TPSA) is 66.5 Å². The van der Waals surface area contributed by atoms with Gasteiger partial charge in [-0.25, -0.2) is 8.42 Å².